The molecule has 6 heteroatoms. The molecular formula is C20H22ClFN2O2. The van der Waals surface area contributed by atoms with Crippen LogP contribution in [0.1, 0.15) is 25.0 Å². The van der Waals surface area contributed by atoms with Gasteiger partial charge < -0.3 is 10.2 Å². The third-order valence-electron chi connectivity index (χ3n) is 4.03. The van der Waals surface area contributed by atoms with Gasteiger partial charge in [-0.3, -0.25) is 9.59 Å². The van der Waals surface area contributed by atoms with Crippen LogP contribution in [0.3, 0.4) is 0 Å². The number of carbonyl (C=O) groups is 2. The van der Waals surface area contributed by atoms with E-state index in [0.717, 1.165) is 5.56 Å². The Morgan fingerprint density at radius 2 is 1.85 bits per heavy atom. The van der Waals surface area contributed by atoms with Gasteiger partial charge in [0.15, 0.2) is 0 Å². The Morgan fingerprint density at radius 1 is 1.15 bits per heavy atom. The Morgan fingerprint density at radius 3 is 2.46 bits per heavy atom. The van der Waals surface area contributed by atoms with Gasteiger partial charge in [-0.15, -0.1) is 0 Å². The zero-order chi connectivity index (χ0) is 19.1. The number of halogens is 2. The molecule has 0 bridgehead atoms. The number of nitrogens with one attached hydrogen (secondary N) is 1. The van der Waals surface area contributed by atoms with Crippen LogP contribution in [0.2, 0.25) is 5.02 Å². The monoisotopic (exact) mass is 376 g/mol. The molecule has 1 N–H and O–H groups in total. The van der Waals surface area contributed by atoms with Crippen LogP contribution in [0.25, 0.3) is 0 Å². The van der Waals surface area contributed by atoms with E-state index in [1.165, 1.54) is 17.0 Å². The molecule has 26 heavy (non-hydrogen) atoms. The van der Waals surface area contributed by atoms with Gasteiger partial charge >= 0.3 is 0 Å². The second kappa shape index (κ2) is 9.34. The summed E-state index contributed by atoms with van der Waals surface area (Å²) in [5, 5.41) is 3.31. The largest absolute Gasteiger partial charge is 0.355 e. The van der Waals surface area contributed by atoms with Crippen LogP contribution in [-0.4, -0.2) is 29.3 Å². The highest BCUT2D eigenvalue weighted by molar-refractivity contribution is 6.30. The van der Waals surface area contributed by atoms with E-state index in [2.05, 4.69) is 5.32 Å². The molecule has 1 atom stereocenters. The molecule has 138 valence electrons. The van der Waals surface area contributed by atoms with Gasteiger partial charge in [0.25, 0.3) is 0 Å². The molecule has 0 spiro atoms. The Balaban J connectivity index is 2.21. The van der Waals surface area contributed by atoms with Gasteiger partial charge in [-0.05, 0) is 49.2 Å². The summed E-state index contributed by atoms with van der Waals surface area (Å²) in [6.07, 6.45) is 0.0879. The fourth-order valence-electron chi connectivity index (χ4n) is 2.62. The maximum absolute atomic E-state index is 13.1. The van der Waals surface area contributed by atoms with E-state index in [1.54, 1.807) is 37.3 Å². The number of amides is 2. The van der Waals surface area contributed by atoms with Crippen molar-refractivity contribution in [2.75, 3.05) is 6.54 Å². The Bertz CT molecular complexity index is 765. The average Bonchev–Trinajstić information content (AvgIpc) is 2.61. The molecule has 0 radical (unpaired) electrons. The molecule has 2 amide bonds. The summed E-state index contributed by atoms with van der Waals surface area (Å²) < 4.78 is 13.1. The first kappa shape index (κ1) is 19.9. The van der Waals surface area contributed by atoms with Crippen molar-refractivity contribution in [3.05, 3.63) is 70.5 Å². The zero-order valence-corrected chi connectivity index (χ0v) is 15.6. The van der Waals surface area contributed by atoms with Gasteiger partial charge in [-0.25, -0.2) is 4.39 Å². The molecule has 0 aliphatic carbocycles. The van der Waals surface area contributed by atoms with Crippen molar-refractivity contribution in [1.29, 1.82) is 0 Å². The van der Waals surface area contributed by atoms with Crippen molar-refractivity contribution in [2.45, 2.75) is 32.9 Å². The van der Waals surface area contributed by atoms with Crippen LogP contribution in [-0.2, 0) is 22.6 Å². The summed E-state index contributed by atoms with van der Waals surface area (Å²) in [4.78, 5) is 26.6. The highest BCUT2D eigenvalue weighted by Gasteiger charge is 2.25. The first-order chi connectivity index (χ1) is 12.4. The number of likely N-dealkylation sites (N-methyl/N-ethyl adjacent to an activating group) is 1. The second-order valence-electron chi connectivity index (χ2n) is 6.03. The highest BCUT2D eigenvalue weighted by Crippen LogP contribution is 2.16. The van der Waals surface area contributed by atoms with E-state index in [9.17, 15) is 14.0 Å². The zero-order valence-electron chi connectivity index (χ0n) is 14.8. The lowest BCUT2D eigenvalue weighted by atomic mass is 10.1. The van der Waals surface area contributed by atoms with Crippen LogP contribution in [0.15, 0.2) is 48.5 Å². The van der Waals surface area contributed by atoms with E-state index in [4.69, 9.17) is 11.6 Å². The van der Waals surface area contributed by atoms with Crippen LogP contribution < -0.4 is 5.32 Å². The predicted octanol–water partition coefficient (Wildman–Crippen LogP) is 3.58. The fraction of sp³-hybridized carbons (Fsp3) is 0.300. The molecular weight excluding hydrogens is 355 g/mol. The molecule has 2 aromatic rings. The van der Waals surface area contributed by atoms with Gasteiger partial charge in [-0.1, -0.05) is 35.9 Å². The summed E-state index contributed by atoms with van der Waals surface area (Å²) in [5.41, 5.74) is 1.52. The van der Waals surface area contributed by atoms with E-state index < -0.39 is 6.04 Å². The Hall–Kier alpha value is -2.40. The van der Waals surface area contributed by atoms with E-state index >= 15 is 0 Å². The van der Waals surface area contributed by atoms with Gasteiger partial charge in [0.2, 0.25) is 11.8 Å². The highest BCUT2D eigenvalue weighted by atomic mass is 35.5. The van der Waals surface area contributed by atoms with Crippen molar-refractivity contribution < 1.29 is 14.0 Å². The standard InChI is InChI=1S/C20H22ClFN2O2/c1-3-23-20(26)14(2)24(13-16-5-4-6-17(21)11-16)19(25)12-15-7-9-18(22)10-8-15/h4-11,14H,3,12-13H2,1-2H3,(H,23,26)/t14-/m1/s1. The smallest absolute Gasteiger partial charge is 0.242 e. The van der Waals surface area contributed by atoms with Gasteiger partial charge in [0.1, 0.15) is 11.9 Å². The maximum atomic E-state index is 13.1. The Labute approximate surface area is 158 Å². The van der Waals surface area contributed by atoms with Gasteiger partial charge in [-0.2, -0.15) is 0 Å². The molecule has 0 aliphatic rings. The lowest BCUT2D eigenvalue weighted by molar-refractivity contribution is -0.140. The second-order valence-corrected chi connectivity index (χ2v) is 6.46. The first-order valence-corrected chi connectivity index (χ1v) is 8.84. The molecule has 4 nitrogen and oxygen atoms in total. The number of hydrogen-bond acceptors (Lipinski definition) is 2. The number of carbonyl (C=O) groups excluding carboxylic acids is 2. The van der Waals surface area contributed by atoms with E-state index in [0.29, 0.717) is 17.1 Å². The number of nitrogens with zero attached hydrogens (tertiary/aromatic N) is 1. The molecule has 0 heterocycles. The van der Waals surface area contributed by atoms with Gasteiger partial charge in [0, 0.05) is 18.1 Å². The molecule has 2 aromatic carbocycles. The summed E-state index contributed by atoms with van der Waals surface area (Å²) in [7, 11) is 0. The molecule has 0 unspecified atom stereocenters. The number of hydrogen-bond donors (Lipinski definition) is 1. The van der Waals surface area contributed by atoms with Crippen molar-refractivity contribution in [3.8, 4) is 0 Å². The quantitative estimate of drug-likeness (QED) is 0.803. The summed E-state index contributed by atoms with van der Waals surface area (Å²) in [6, 6.07) is 12.3. The fourth-order valence-corrected chi connectivity index (χ4v) is 2.83. The topological polar surface area (TPSA) is 49.4 Å². The number of benzene rings is 2. The minimum absolute atomic E-state index is 0.0879. The summed E-state index contributed by atoms with van der Waals surface area (Å²) in [6.45, 7) is 4.27. The lowest BCUT2D eigenvalue weighted by Crippen LogP contribution is -2.48. The SMILES string of the molecule is CCNC(=O)[C@@H](C)N(Cc1cccc(Cl)c1)C(=O)Cc1ccc(F)cc1. The van der Waals surface area contributed by atoms with Gasteiger partial charge in [0.05, 0.1) is 6.42 Å². The molecule has 0 saturated carbocycles. The van der Waals surface area contributed by atoms with E-state index in [1.807, 2.05) is 13.0 Å². The minimum Gasteiger partial charge on any atom is -0.355 e. The lowest BCUT2D eigenvalue weighted by Gasteiger charge is -2.29. The molecule has 2 rings (SSSR count). The Kier molecular flexibility index (Phi) is 7.16. The molecule has 0 aromatic heterocycles. The summed E-state index contributed by atoms with van der Waals surface area (Å²) in [5.74, 6) is -0.787. The normalized spacial score (nSPS) is 11.7. The predicted molar refractivity (Wildman–Crippen MR) is 100 cm³/mol. The molecule has 0 fully saturated rings. The minimum atomic E-state index is -0.637. The third kappa shape index (κ3) is 5.56. The molecule has 0 aliphatic heterocycles. The van der Waals surface area contributed by atoms with Crippen molar-refractivity contribution in [2.24, 2.45) is 0 Å². The van der Waals surface area contributed by atoms with E-state index in [-0.39, 0.29) is 30.6 Å². The van der Waals surface area contributed by atoms with Crippen LogP contribution in [0.4, 0.5) is 4.39 Å². The third-order valence-corrected chi connectivity index (χ3v) is 4.26. The van der Waals surface area contributed by atoms with Crippen LogP contribution >= 0.6 is 11.6 Å². The molecule has 0 saturated heterocycles. The van der Waals surface area contributed by atoms with Crippen molar-refractivity contribution in [1.82, 2.24) is 10.2 Å². The summed E-state index contributed by atoms with van der Waals surface area (Å²) >= 11 is 6.03. The van der Waals surface area contributed by atoms with Crippen LogP contribution in [0, 0.1) is 5.82 Å². The van der Waals surface area contributed by atoms with Crippen LogP contribution in [0.5, 0.6) is 0 Å². The van der Waals surface area contributed by atoms with Crippen molar-refractivity contribution >= 4 is 23.4 Å². The maximum Gasteiger partial charge on any atom is 0.242 e. The number of rotatable bonds is 7. The van der Waals surface area contributed by atoms with Crippen molar-refractivity contribution in [3.63, 3.8) is 0 Å². The average molecular weight is 377 g/mol. The first-order valence-electron chi connectivity index (χ1n) is 8.46.